The van der Waals surface area contributed by atoms with E-state index in [4.69, 9.17) is 5.84 Å². The lowest BCUT2D eigenvalue weighted by atomic mass is 10.1. The van der Waals surface area contributed by atoms with E-state index >= 15 is 0 Å². The number of benzene rings is 1. The van der Waals surface area contributed by atoms with Gasteiger partial charge in [0, 0.05) is 29.5 Å². The van der Waals surface area contributed by atoms with Gasteiger partial charge < -0.3 is 4.90 Å². The molecule has 1 heterocycles. The summed E-state index contributed by atoms with van der Waals surface area (Å²) in [6.45, 7) is 0.678. The summed E-state index contributed by atoms with van der Waals surface area (Å²) in [5, 5.41) is 0.804. The minimum absolute atomic E-state index is 0.0877. The van der Waals surface area contributed by atoms with Crippen molar-refractivity contribution >= 4 is 33.4 Å². The number of nitrogens with zero attached hydrogens (tertiary/aromatic N) is 1. The lowest BCUT2D eigenvalue weighted by Gasteiger charge is -2.17. The Labute approximate surface area is 113 Å². The molecule has 1 aliphatic rings. The van der Waals surface area contributed by atoms with Gasteiger partial charge in [0.2, 0.25) is 5.91 Å². The fourth-order valence-electron chi connectivity index (χ4n) is 2.03. The summed E-state index contributed by atoms with van der Waals surface area (Å²) in [5.74, 6) is 5.14. The second kappa shape index (κ2) is 5.49. The van der Waals surface area contributed by atoms with E-state index in [1.54, 1.807) is 23.1 Å². The van der Waals surface area contributed by atoms with Gasteiger partial charge >= 0.3 is 0 Å². The molecule has 0 spiro atoms. The van der Waals surface area contributed by atoms with Gasteiger partial charge in [-0.15, -0.1) is 0 Å². The second-order valence-electron chi connectivity index (χ2n) is 4.25. The van der Waals surface area contributed by atoms with Gasteiger partial charge in [-0.25, -0.2) is 5.84 Å². The van der Waals surface area contributed by atoms with E-state index in [1.165, 1.54) is 0 Å². The van der Waals surface area contributed by atoms with Crippen LogP contribution >= 0.6 is 15.9 Å². The smallest absolute Gasteiger partial charge is 0.265 e. The number of nitrogens with one attached hydrogen (secondary N) is 1. The molecule has 2 rings (SSSR count). The highest BCUT2D eigenvalue weighted by molar-refractivity contribution is 9.09. The molecule has 96 valence electrons. The molecule has 5 nitrogen and oxygen atoms in total. The van der Waals surface area contributed by atoms with Crippen LogP contribution in [0.2, 0.25) is 0 Å². The molecule has 1 fully saturated rings. The third kappa shape index (κ3) is 2.54. The third-order valence-corrected chi connectivity index (χ3v) is 3.89. The monoisotopic (exact) mass is 311 g/mol. The lowest BCUT2D eigenvalue weighted by molar-refractivity contribution is -0.117. The Morgan fingerprint density at radius 3 is 2.94 bits per heavy atom. The first-order chi connectivity index (χ1) is 8.65. The molecule has 1 aromatic rings. The predicted molar refractivity (Wildman–Crippen MR) is 72.3 cm³/mol. The first-order valence-electron chi connectivity index (χ1n) is 5.63. The number of rotatable bonds is 3. The van der Waals surface area contributed by atoms with Crippen molar-refractivity contribution in [2.24, 2.45) is 11.8 Å². The van der Waals surface area contributed by atoms with Crippen LogP contribution in [0.1, 0.15) is 16.8 Å². The number of alkyl halides is 1. The van der Waals surface area contributed by atoms with E-state index in [9.17, 15) is 9.59 Å². The summed E-state index contributed by atoms with van der Waals surface area (Å²) in [4.78, 5) is 25.0. The van der Waals surface area contributed by atoms with Crippen LogP contribution in [0, 0.1) is 5.92 Å². The van der Waals surface area contributed by atoms with Gasteiger partial charge in [-0.2, -0.15) is 0 Å². The Morgan fingerprint density at radius 1 is 1.56 bits per heavy atom. The van der Waals surface area contributed by atoms with Crippen LogP contribution in [0.5, 0.6) is 0 Å². The molecule has 0 aliphatic carbocycles. The van der Waals surface area contributed by atoms with Crippen LogP contribution in [0.15, 0.2) is 24.3 Å². The first-order valence-corrected chi connectivity index (χ1v) is 6.75. The Hall–Kier alpha value is -1.40. The molecule has 0 aromatic heterocycles. The van der Waals surface area contributed by atoms with Gasteiger partial charge in [0.1, 0.15) is 0 Å². The van der Waals surface area contributed by atoms with E-state index in [0.717, 1.165) is 11.0 Å². The summed E-state index contributed by atoms with van der Waals surface area (Å²) in [6.07, 6.45) is 0.540. The van der Waals surface area contributed by atoms with E-state index in [0.29, 0.717) is 24.4 Å². The number of carbonyl (C=O) groups is 2. The third-order valence-electron chi connectivity index (χ3n) is 2.97. The van der Waals surface area contributed by atoms with E-state index in [1.807, 2.05) is 6.07 Å². The van der Waals surface area contributed by atoms with Crippen LogP contribution in [-0.4, -0.2) is 23.7 Å². The van der Waals surface area contributed by atoms with E-state index in [2.05, 4.69) is 21.4 Å². The molecule has 18 heavy (non-hydrogen) atoms. The molecule has 0 saturated carbocycles. The SMILES string of the molecule is NNC(=O)c1cccc(N2CC(CBr)CC2=O)c1. The van der Waals surface area contributed by atoms with Gasteiger partial charge in [0.25, 0.3) is 5.91 Å². The highest BCUT2D eigenvalue weighted by Crippen LogP contribution is 2.26. The summed E-state index contributed by atoms with van der Waals surface area (Å²) >= 11 is 3.39. The van der Waals surface area contributed by atoms with Gasteiger partial charge in [0.05, 0.1) is 0 Å². The molecule has 1 aliphatic heterocycles. The predicted octanol–water partition coefficient (Wildman–Crippen LogP) is 1.04. The van der Waals surface area contributed by atoms with Crippen LogP contribution in [0.25, 0.3) is 0 Å². The number of hydrazine groups is 1. The summed E-state index contributed by atoms with van der Waals surface area (Å²) in [6, 6.07) is 6.90. The molecule has 2 amide bonds. The number of amides is 2. The normalized spacial score (nSPS) is 19.1. The number of nitrogens with two attached hydrogens (primary N) is 1. The maximum atomic E-state index is 11.9. The van der Waals surface area contributed by atoms with E-state index < -0.39 is 0 Å². The molecule has 1 atom stereocenters. The zero-order valence-electron chi connectivity index (χ0n) is 9.73. The zero-order valence-corrected chi connectivity index (χ0v) is 11.3. The highest BCUT2D eigenvalue weighted by atomic mass is 79.9. The van der Waals surface area contributed by atoms with Crippen LogP contribution < -0.4 is 16.2 Å². The largest absolute Gasteiger partial charge is 0.312 e. The summed E-state index contributed by atoms with van der Waals surface area (Å²) < 4.78 is 0. The Balaban J connectivity index is 2.24. The number of hydrogen-bond donors (Lipinski definition) is 2. The number of halogens is 1. The van der Waals surface area contributed by atoms with Gasteiger partial charge in [-0.3, -0.25) is 15.0 Å². The Morgan fingerprint density at radius 2 is 2.33 bits per heavy atom. The lowest BCUT2D eigenvalue weighted by Crippen LogP contribution is -2.30. The van der Waals surface area contributed by atoms with Gasteiger partial charge in [0.15, 0.2) is 0 Å². The van der Waals surface area contributed by atoms with Crippen molar-refractivity contribution in [2.75, 3.05) is 16.8 Å². The van der Waals surface area contributed by atoms with Crippen molar-refractivity contribution in [3.05, 3.63) is 29.8 Å². The van der Waals surface area contributed by atoms with Crippen molar-refractivity contribution < 1.29 is 9.59 Å². The second-order valence-corrected chi connectivity index (χ2v) is 4.90. The standard InChI is InChI=1S/C12H14BrN3O2/c13-6-8-4-11(17)16(7-8)10-3-1-2-9(5-10)12(18)15-14/h1-3,5,8H,4,6-7,14H2,(H,15,18). The van der Waals surface area contributed by atoms with E-state index in [-0.39, 0.29) is 11.8 Å². The number of nitrogen functional groups attached to an aromatic ring is 1. The average Bonchev–Trinajstić information content (AvgIpc) is 2.79. The fourth-order valence-corrected chi connectivity index (χ4v) is 2.47. The Bertz CT molecular complexity index is 478. The molecule has 0 radical (unpaired) electrons. The molecule has 6 heteroatoms. The molecule has 1 saturated heterocycles. The minimum atomic E-state index is -0.361. The Kier molecular flexibility index (Phi) is 3.98. The van der Waals surface area contributed by atoms with Crippen LogP contribution in [0.3, 0.4) is 0 Å². The topological polar surface area (TPSA) is 75.4 Å². The van der Waals surface area contributed by atoms with Crippen molar-refractivity contribution in [3.8, 4) is 0 Å². The molecule has 1 unspecified atom stereocenters. The molecular weight excluding hydrogens is 298 g/mol. The van der Waals surface area contributed by atoms with Crippen molar-refractivity contribution in [1.82, 2.24) is 5.43 Å². The summed E-state index contributed by atoms with van der Waals surface area (Å²) in [5.41, 5.74) is 3.27. The van der Waals surface area contributed by atoms with Crippen molar-refractivity contribution in [1.29, 1.82) is 0 Å². The number of hydrogen-bond acceptors (Lipinski definition) is 3. The average molecular weight is 312 g/mol. The first kappa shape index (κ1) is 13.0. The number of anilines is 1. The zero-order chi connectivity index (χ0) is 13.1. The summed E-state index contributed by atoms with van der Waals surface area (Å²) in [7, 11) is 0. The van der Waals surface area contributed by atoms with Gasteiger partial charge in [-0.05, 0) is 24.1 Å². The maximum Gasteiger partial charge on any atom is 0.265 e. The number of carbonyl (C=O) groups excluding carboxylic acids is 2. The van der Waals surface area contributed by atoms with Crippen molar-refractivity contribution in [3.63, 3.8) is 0 Å². The molecule has 3 N–H and O–H groups in total. The molecule has 0 bridgehead atoms. The fraction of sp³-hybridized carbons (Fsp3) is 0.333. The van der Waals surface area contributed by atoms with Gasteiger partial charge in [-0.1, -0.05) is 22.0 Å². The molecular formula is C12H14BrN3O2. The maximum absolute atomic E-state index is 11.9. The molecule has 1 aromatic carbocycles. The van der Waals surface area contributed by atoms with Crippen LogP contribution in [0.4, 0.5) is 5.69 Å². The van der Waals surface area contributed by atoms with Crippen molar-refractivity contribution in [2.45, 2.75) is 6.42 Å². The minimum Gasteiger partial charge on any atom is -0.312 e. The quantitative estimate of drug-likeness (QED) is 0.379. The highest BCUT2D eigenvalue weighted by Gasteiger charge is 2.29. The van der Waals surface area contributed by atoms with Crippen LogP contribution in [-0.2, 0) is 4.79 Å².